The van der Waals surface area contributed by atoms with Gasteiger partial charge < -0.3 is 25.4 Å². The van der Waals surface area contributed by atoms with Crippen molar-refractivity contribution in [3.8, 4) is 0 Å². The van der Waals surface area contributed by atoms with Gasteiger partial charge in [-0.15, -0.1) is 0 Å². The van der Waals surface area contributed by atoms with E-state index in [4.69, 9.17) is 4.74 Å². The number of likely N-dealkylation sites (N-methyl/N-ethyl adjacent to an activating group) is 1. The van der Waals surface area contributed by atoms with Crippen LogP contribution >= 0.6 is 0 Å². The molecule has 3 N–H and O–H groups in total. The smallest absolute Gasteiger partial charge is 0.253 e. The van der Waals surface area contributed by atoms with Gasteiger partial charge in [0.25, 0.3) is 5.91 Å². The number of morpholine rings is 1. The fraction of sp³-hybridized carbons (Fsp3) is 0.562. The van der Waals surface area contributed by atoms with Crippen molar-refractivity contribution in [3.63, 3.8) is 0 Å². The molecule has 1 aliphatic heterocycles. The van der Waals surface area contributed by atoms with E-state index in [-0.39, 0.29) is 12.5 Å². The van der Waals surface area contributed by atoms with Crippen molar-refractivity contribution in [3.05, 3.63) is 24.3 Å². The first-order chi connectivity index (χ1) is 10.7. The third-order valence-electron chi connectivity index (χ3n) is 3.15. The molecule has 1 saturated heterocycles. The molecule has 124 valence electrons. The highest BCUT2D eigenvalue weighted by molar-refractivity contribution is 5.94. The fourth-order valence-electron chi connectivity index (χ4n) is 2.09. The van der Waals surface area contributed by atoms with E-state index in [2.05, 4.69) is 10.6 Å². The number of nitrogens with zero attached hydrogens (tertiary/aromatic N) is 1. The van der Waals surface area contributed by atoms with Gasteiger partial charge in [0, 0.05) is 31.0 Å². The Kier molecular flexibility index (Phi) is 8.50. The maximum absolute atomic E-state index is 11.7. The van der Waals surface area contributed by atoms with E-state index < -0.39 is 6.10 Å². The molecular formula is C16H27N3O3. The molecule has 1 aromatic carbocycles. The average molecular weight is 309 g/mol. The summed E-state index contributed by atoms with van der Waals surface area (Å²) in [5.74, 6) is -0.0126. The summed E-state index contributed by atoms with van der Waals surface area (Å²) in [4.78, 5) is 13.4. The SMILES string of the molecule is CC.CNCC(O)CNc1ccc(N2CCOCC2=O)cc1. The summed E-state index contributed by atoms with van der Waals surface area (Å²) < 4.78 is 5.11. The number of carbonyl (C=O) groups is 1. The fourth-order valence-corrected chi connectivity index (χ4v) is 2.09. The van der Waals surface area contributed by atoms with Crippen LogP contribution in [-0.4, -0.2) is 57.0 Å². The second-order valence-corrected chi connectivity index (χ2v) is 4.74. The van der Waals surface area contributed by atoms with Gasteiger partial charge in [-0.25, -0.2) is 0 Å². The molecule has 1 amide bonds. The minimum atomic E-state index is -0.430. The number of rotatable bonds is 6. The van der Waals surface area contributed by atoms with Crippen molar-refractivity contribution in [1.82, 2.24) is 5.32 Å². The minimum absolute atomic E-state index is 0.0126. The lowest BCUT2D eigenvalue weighted by molar-refractivity contribution is -0.125. The van der Waals surface area contributed by atoms with E-state index in [1.54, 1.807) is 11.9 Å². The molecule has 1 fully saturated rings. The summed E-state index contributed by atoms with van der Waals surface area (Å²) in [6.45, 7) is 6.34. The molecule has 0 saturated carbocycles. The van der Waals surface area contributed by atoms with Crippen molar-refractivity contribution in [1.29, 1.82) is 0 Å². The largest absolute Gasteiger partial charge is 0.390 e. The van der Waals surface area contributed by atoms with Crippen molar-refractivity contribution in [2.45, 2.75) is 20.0 Å². The Morgan fingerprint density at radius 2 is 1.95 bits per heavy atom. The summed E-state index contributed by atoms with van der Waals surface area (Å²) in [6.07, 6.45) is -0.430. The standard InChI is InChI=1S/C14H21N3O3.C2H6/c1-15-8-13(18)9-16-11-2-4-12(5-3-11)17-6-7-20-10-14(17)19;1-2/h2-5,13,15-16,18H,6-10H2,1H3;1-2H3. The van der Waals surface area contributed by atoms with Gasteiger partial charge in [-0.3, -0.25) is 4.79 Å². The van der Waals surface area contributed by atoms with Gasteiger partial charge in [-0.2, -0.15) is 0 Å². The van der Waals surface area contributed by atoms with Crippen molar-refractivity contribution >= 4 is 17.3 Å². The quantitative estimate of drug-likeness (QED) is 0.733. The zero-order chi connectivity index (χ0) is 16.4. The Hall–Kier alpha value is -1.63. The number of carbonyl (C=O) groups excluding carboxylic acids is 1. The van der Waals surface area contributed by atoms with E-state index in [1.807, 2.05) is 38.1 Å². The highest BCUT2D eigenvalue weighted by Crippen LogP contribution is 2.19. The monoisotopic (exact) mass is 309 g/mol. The first-order valence-corrected chi connectivity index (χ1v) is 7.75. The molecule has 6 nitrogen and oxygen atoms in total. The number of anilines is 2. The number of amides is 1. The van der Waals surface area contributed by atoms with Crippen LogP contribution in [0.3, 0.4) is 0 Å². The average Bonchev–Trinajstić information content (AvgIpc) is 2.56. The second-order valence-electron chi connectivity index (χ2n) is 4.74. The molecule has 1 atom stereocenters. The Balaban J connectivity index is 0.00000116. The molecule has 6 heteroatoms. The molecule has 2 rings (SSSR count). The van der Waals surface area contributed by atoms with Crippen LogP contribution in [0.4, 0.5) is 11.4 Å². The van der Waals surface area contributed by atoms with Crippen LogP contribution in [-0.2, 0) is 9.53 Å². The highest BCUT2D eigenvalue weighted by Gasteiger charge is 2.19. The molecular weight excluding hydrogens is 282 g/mol. The summed E-state index contributed by atoms with van der Waals surface area (Å²) in [7, 11) is 1.80. The Labute approximate surface area is 132 Å². The van der Waals surface area contributed by atoms with Gasteiger partial charge in [0.05, 0.1) is 12.7 Å². The summed E-state index contributed by atoms with van der Waals surface area (Å²) in [5, 5.41) is 15.7. The minimum Gasteiger partial charge on any atom is -0.390 e. The number of benzene rings is 1. The van der Waals surface area contributed by atoms with E-state index >= 15 is 0 Å². The van der Waals surface area contributed by atoms with E-state index in [9.17, 15) is 9.90 Å². The normalized spacial score (nSPS) is 15.8. The molecule has 22 heavy (non-hydrogen) atoms. The van der Waals surface area contributed by atoms with Gasteiger partial charge in [0.15, 0.2) is 0 Å². The zero-order valence-corrected chi connectivity index (χ0v) is 13.6. The van der Waals surface area contributed by atoms with Crippen LogP contribution in [0.25, 0.3) is 0 Å². The predicted molar refractivity (Wildman–Crippen MR) is 89.4 cm³/mol. The second kappa shape index (κ2) is 10.2. The first kappa shape index (κ1) is 18.4. The molecule has 0 aliphatic carbocycles. The van der Waals surface area contributed by atoms with Crippen LogP contribution in [0.2, 0.25) is 0 Å². The molecule has 0 aromatic heterocycles. The number of aliphatic hydroxyl groups excluding tert-OH is 1. The predicted octanol–water partition coefficient (Wildman–Crippen LogP) is 1.07. The zero-order valence-electron chi connectivity index (χ0n) is 13.6. The van der Waals surface area contributed by atoms with Gasteiger partial charge in [0.2, 0.25) is 0 Å². The third-order valence-corrected chi connectivity index (χ3v) is 3.15. The van der Waals surface area contributed by atoms with Gasteiger partial charge in [0.1, 0.15) is 6.61 Å². The molecule has 0 spiro atoms. The molecule has 1 heterocycles. The van der Waals surface area contributed by atoms with Crippen molar-refractivity contribution < 1.29 is 14.6 Å². The summed E-state index contributed by atoms with van der Waals surface area (Å²) in [5.41, 5.74) is 1.80. The number of ether oxygens (including phenoxy) is 1. The first-order valence-electron chi connectivity index (χ1n) is 7.75. The molecule has 0 radical (unpaired) electrons. The van der Waals surface area contributed by atoms with Crippen LogP contribution in [0.15, 0.2) is 24.3 Å². The molecule has 1 aromatic rings. The van der Waals surface area contributed by atoms with Crippen molar-refractivity contribution in [2.75, 3.05) is 50.1 Å². The van der Waals surface area contributed by atoms with Gasteiger partial charge in [-0.05, 0) is 31.3 Å². The number of hydrogen-bond acceptors (Lipinski definition) is 5. The number of nitrogens with one attached hydrogen (secondary N) is 2. The van der Waals surface area contributed by atoms with E-state index in [0.717, 1.165) is 11.4 Å². The lowest BCUT2D eigenvalue weighted by atomic mass is 10.2. The van der Waals surface area contributed by atoms with Crippen LogP contribution in [0, 0.1) is 0 Å². The molecule has 1 unspecified atom stereocenters. The Bertz CT molecular complexity index is 437. The maximum Gasteiger partial charge on any atom is 0.253 e. The Morgan fingerprint density at radius 1 is 1.27 bits per heavy atom. The summed E-state index contributed by atoms with van der Waals surface area (Å²) >= 11 is 0. The number of hydrogen-bond donors (Lipinski definition) is 3. The van der Waals surface area contributed by atoms with Crippen LogP contribution in [0.5, 0.6) is 0 Å². The van der Waals surface area contributed by atoms with E-state index in [0.29, 0.717) is 26.2 Å². The van der Waals surface area contributed by atoms with Gasteiger partial charge >= 0.3 is 0 Å². The summed E-state index contributed by atoms with van der Waals surface area (Å²) in [6, 6.07) is 7.61. The van der Waals surface area contributed by atoms with Crippen molar-refractivity contribution in [2.24, 2.45) is 0 Å². The van der Waals surface area contributed by atoms with E-state index in [1.165, 1.54) is 0 Å². The molecule has 0 bridgehead atoms. The van der Waals surface area contributed by atoms with Crippen LogP contribution < -0.4 is 15.5 Å². The maximum atomic E-state index is 11.7. The molecule has 1 aliphatic rings. The highest BCUT2D eigenvalue weighted by atomic mass is 16.5. The Morgan fingerprint density at radius 3 is 2.55 bits per heavy atom. The lowest BCUT2D eigenvalue weighted by Crippen LogP contribution is -2.41. The van der Waals surface area contributed by atoms with Crippen LogP contribution in [0.1, 0.15) is 13.8 Å². The van der Waals surface area contributed by atoms with Gasteiger partial charge in [-0.1, -0.05) is 13.8 Å². The number of aliphatic hydroxyl groups is 1. The topological polar surface area (TPSA) is 73.8 Å². The lowest BCUT2D eigenvalue weighted by Gasteiger charge is -2.27. The third kappa shape index (κ3) is 5.63.